The van der Waals surface area contributed by atoms with Crippen molar-refractivity contribution in [2.24, 2.45) is 0 Å². The molecule has 0 aromatic heterocycles. The molecule has 1 aromatic carbocycles. The highest BCUT2D eigenvalue weighted by Crippen LogP contribution is 2.31. The number of methoxy groups -OCH3 is 1. The Morgan fingerprint density at radius 2 is 1.50 bits per heavy atom. The zero-order valence-electron chi connectivity index (χ0n) is 12.1. The highest BCUT2D eigenvalue weighted by Gasteiger charge is 2.11. The Balaban J connectivity index is 2.11. The SMILES string of the molecule is COC(C)c1ccc2c(c1)OCCOCCOCCO2. The Hall–Kier alpha value is -1.30. The molecule has 20 heavy (non-hydrogen) atoms. The van der Waals surface area contributed by atoms with Crippen molar-refractivity contribution in [1.29, 1.82) is 0 Å². The Labute approximate surface area is 119 Å². The molecule has 1 aliphatic rings. The van der Waals surface area contributed by atoms with Gasteiger partial charge in [-0.25, -0.2) is 0 Å². The molecule has 0 bridgehead atoms. The zero-order valence-corrected chi connectivity index (χ0v) is 12.1. The molecule has 2 rings (SSSR count). The van der Waals surface area contributed by atoms with Gasteiger partial charge in [-0.1, -0.05) is 6.07 Å². The van der Waals surface area contributed by atoms with Gasteiger partial charge in [0.2, 0.25) is 0 Å². The third-order valence-corrected chi connectivity index (χ3v) is 3.13. The minimum Gasteiger partial charge on any atom is -0.487 e. The highest BCUT2D eigenvalue weighted by molar-refractivity contribution is 5.43. The van der Waals surface area contributed by atoms with Crippen LogP contribution in [0.2, 0.25) is 0 Å². The average Bonchev–Trinajstić information content (AvgIpc) is 2.47. The van der Waals surface area contributed by atoms with Gasteiger partial charge in [0.05, 0.1) is 32.5 Å². The van der Waals surface area contributed by atoms with Gasteiger partial charge in [-0.3, -0.25) is 0 Å². The van der Waals surface area contributed by atoms with Crippen LogP contribution in [0.15, 0.2) is 18.2 Å². The van der Waals surface area contributed by atoms with Gasteiger partial charge in [0.15, 0.2) is 11.5 Å². The molecule has 0 saturated heterocycles. The molecule has 0 saturated carbocycles. The normalized spacial score (nSPS) is 18.7. The molecule has 1 aromatic rings. The molecule has 112 valence electrons. The van der Waals surface area contributed by atoms with Gasteiger partial charge in [-0.2, -0.15) is 0 Å². The van der Waals surface area contributed by atoms with E-state index in [4.69, 9.17) is 23.7 Å². The van der Waals surface area contributed by atoms with E-state index >= 15 is 0 Å². The monoisotopic (exact) mass is 282 g/mol. The first-order valence-electron chi connectivity index (χ1n) is 6.89. The summed E-state index contributed by atoms with van der Waals surface area (Å²) in [5, 5.41) is 0. The fourth-order valence-electron chi connectivity index (χ4n) is 1.89. The van der Waals surface area contributed by atoms with Gasteiger partial charge in [0.25, 0.3) is 0 Å². The Morgan fingerprint density at radius 3 is 2.15 bits per heavy atom. The van der Waals surface area contributed by atoms with Crippen LogP contribution in [0.3, 0.4) is 0 Å². The third-order valence-electron chi connectivity index (χ3n) is 3.13. The van der Waals surface area contributed by atoms with Crippen molar-refractivity contribution in [3.05, 3.63) is 23.8 Å². The number of hydrogen-bond acceptors (Lipinski definition) is 5. The van der Waals surface area contributed by atoms with Gasteiger partial charge < -0.3 is 23.7 Å². The van der Waals surface area contributed by atoms with E-state index in [-0.39, 0.29) is 6.10 Å². The van der Waals surface area contributed by atoms with Crippen LogP contribution in [0.4, 0.5) is 0 Å². The maximum absolute atomic E-state index is 5.75. The van der Waals surface area contributed by atoms with Crippen molar-refractivity contribution in [2.45, 2.75) is 13.0 Å². The molecule has 5 nitrogen and oxygen atoms in total. The third kappa shape index (κ3) is 4.37. The van der Waals surface area contributed by atoms with Crippen LogP contribution in [0.1, 0.15) is 18.6 Å². The lowest BCUT2D eigenvalue weighted by molar-refractivity contribution is 0.0222. The number of hydrogen-bond donors (Lipinski definition) is 0. The first-order chi connectivity index (χ1) is 9.81. The lowest BCUT2D eigenvalue weighted by Crippen LogP contribution is -2.16. The largest absolute Gasteiger partial charge is 0.487 e. The van der Waals surface area contributed by atoms with Crippen molar-refractivity contribution in [1.82, 2.24) is 0 Å². The van der Waals surface area contributed by atoms with Crippen molar-refractivity contribution in [3.8, 4) is 11.5 Å². The molecular formula is C15H22O5. The molecule has 1 unspecified atom stereocenters. The van der Waals surface area contributed by atoms with E-state index in [0.717, 1.165) is 17.1 Å². The second-order valence-electron chi connectivity index (χ2n) is 4.51. The Bertz CT molecular complexity index is 407. The summed E-state index contributed by atoms with van der Waals surface area (Å²) in [6.45, 7) is 5.22. The maximum atomic E-state index is 5.75. The quantitative estimate of drug-likeness (QED) is 0.832. The Morgan fingerprint density at radius 1 is 0.900 bits per heavy atom. The minimum atomic E-state index is 0.0184. The smallest absolute Gasteiger partial charge is 0.161 e. The molecule has 5 heteroatoms. The highest BCUT2D eigenvalue weighted by atomic mass is 16.6. The van der Waals surface area contributed by atoms with E-state index in [9.17, 15) is 0 Å². The van der Waals surface area contributed by atoms with Gasteiger partial charge in [-0.15, -0.1) is 0 Å². The standard InChI is InChI=1S/C15H22O5/c1-12(16-2)13-3-4-14-15(11-13)20-10-8-18-6-5-17-7-9-19-14/h3-4,11-12H,5-10H2,1-2H3. The second-order valence-corrected chi connectivity index (χ2v) is 4.51. The van der Waals surface area contributed by atoms with Crippen LogP contribution in [-0.2, 0) is 14.2 Å². The molecule has 1 heterocycles. The summed E-state index contributed by atoms with van der Waals surface area (Å²) >= 11 is 0. The van der Waals surface area contributed by atoms with Crippen molar-refractivity contribution in [2.75, 3.05) is 46.8 Å². The number of benzene rings is 1. The van der Waals surface area contributed by atoms with Gasteiger partial charge in [0.1, 0.15) is 13.2 Å². The van der Waals surface area contributed by atoms with Gasteiger partial charge in [-0.05, 0) is 24.6 Å². The van der Waals surface area contributed by atoms with Crippen LogP contribution in [-0.4, -0.2) is 46.8 Å². The van der Waals surface area contributed by atoms with E-state index < -0.39 is 0 Å². The van der Waals surface area contributed by atoms with E-state index in [0.29, 0.717) is 39.6 Å². The predicted octanol–water partition coefficient (Wildman–Crippen LogP) is 2.20. The predicted molar refractivity (Wildman–Crippen MR) is 74.5 cm³/mol. The summed E-state index contributed by atoms with van der Waals surface area (Å²) in [5.74, 6) is 1.44. The van der Waals surface area contributed by atoms with Crippen molar-refractivity contribution in [3.63, 3.8) is 0 Å². The first kappa shape index (κ1) is 15.1. The molecule has 0 radical (unpaired) electrons. The van der Waals surface area contributed by atoms with E-state index in [1.165, 1.54) is 0 Å². The number of rotatable bonds is 2. The Kier molecular flexibility index (Phi) is 6.11. The summed E-state index contributed by atoms with van der Waals surface area (Å²) in [6, 6.07) is 5.85. The summed E-state index contributed by atoms with van der Waals surface area (Å²) in [7, 11) is 1.69. The fourth-order valence-corrected chi connectivity index (χ4v) is 1.89. The molecule has 0 amide bonds. The van der Waals surface area contributed by atoms with Crippen LogP contribution >= 0.6 is 0 Å². The molecule has 1 atom stereocenters. The molecule has 0 N–H and O–H groups in total. The average molecular weight is 282 g/mol. The maximum Gasteiger partial charge on any atom is 0.161 e. The van der Waals surface area contributed by atoms with Crippen LogP contribution < -0.4 is 9.47 Å². The van der Waals surface area contributed by atoms with Crippen molar-refractivity contribution < 1.29 is 23.7 Å². The van der Waals surface area contributed by atoms with E-state index in [1.807, 2.05) is 25.1 Å². The van der Waals surface area contributed by atoms with E-state index in [2.05, 4.69) is 0 Å². The summed E-state index contributed by atoms with van der Waals surface area (Å²) in [4.78, 5) is 0. The number of fused-ring (bicyclic) bond motifs is 1. The van der Waals surface area contributed by atoms with Crippen LogP contribution in [0.5, 0.6) is 11.5 Å². The molecule has 0 aliphatic carbocycles. The van der Waals surface area contributed by atoms with Gasteiger partial charge >= 0.3 is 0 Å². The number of ether oxygens (including phenoxy) is 5. The van der Waals surface area contributed by atoms with E-state index in [1.54, 1.807) is 7.11 Å². The molecular weight excluding hydrogens is 260 g/mol. The molecule has 0 fully saturated rings. The first-order valence-corrected chi connectivity index (χ1v) is 6.89. The summed E-state index contributed by atoms with van der Waals surface area (Å²) < 4.78 is 27.6. The fraction of sp³-hybridized carbons (Fsp3) is 0.600. The lowest BCUT2D eigenvalue weighted by atomic mass is 10.1. The van der Waals surface area contributed by atoms with Crippen LogP contribution in [0.25, 0.3) is 0 Å². The minimum absolute atomic E-state index is 0.0184. The van der Waals surface area contributed by atoms with Crippen LogP contribution in [0, 0.1) is 0 Å². The summed E-state index contributed by atoms with van der Waals surface area (Å²) in [6.07, 6.45) is 0.0184. The second kappa shape index (κ2) is 8.09. The zero-order chi connectivity index (χ0) is 14.2. The van der Waals surface area contributed by atoms with Gasteiger partial charge in [0, 0.05) is 7.11 Å². The molecule has 0 spiro atoms. The summed E-state index contributed by atoms with van der Waals surface area (Å²) in [5.41, 5.74) is 1.05. The topological polar surface area (TPSA) is 46.2 Å². The molecule has 1 aliphatic heterocycles. The lowest BCUT2D eigenvalue weighted by Gasteiger charge is -2.17. The van der Waals surface area contributed by atoms with Crippen molar-refractivity contribution >= 4 is 0 Å².